The summed E-state index contributed by atoms with van der Waals surface area (Å²) in [5, 5.41) is 2.32. The minimum Gasteiger partial charge on any atom is -0.368 e. The highest BCUT2D eigenvalue weighted by Crippen LogP contribution is 2.35. The molecule has 0 radical (unpaired) electrons. The second-order valence-electron chi connectivity index (χ2n) is 3.32. The number of hydrogen-bond acceptors (Lipinski definition) is 3. The van der Waals surface area contributed by atoms with Gasteiger partial charge in [-0.05, 0) is 28.9 Å². The van der Waals surface area contributed by atoms with Crippen LogP contribution in [0.1, 0.15) is 12.5 Å². The molecule has 1 rings (SSSR count). The van der Waals surface area contributed by atoms with Gasteiger partial charge in [0.15, 0.2) is 0 Å². The van der Waals surface area contributed by atoms with E-state index in [4.69, 9.17) is 5.73 Å². The maximum Gasteiger partial charge on any atom is 0.419 e. The summed E-state index contributed by atoms with van der Waals surface area (Å²) < 4.78 is 38.2. The third kappa shape index (κ3) is 3.58. The number of pyridine rings is 1. The van der Waals surface area contributed by atoms with Crippen molar-refractivity contribution in [3.63, 3.8) is 0 Å². The summed E-state index contributed by atoms with van der Waals surface area (Å²) in [6.45, 7) is 1.35. The van der Waals surface area contributed by atoms with Gasteiger partial charge in [-0.2, -0.15) is 13.2 Å². The predicted molar refractivity (Wildman–Crippen MR) is 59.2 cm³/mol. The van der Waals surface area contributed by atoms with E-state index in [0.717, 1.165) is 6.07 Å². The highest BCUT2D eigenvalue weighted by molar-refractivity contribution is 9.10. The van der Waals surface area contributed by atoms with Crippen LogP contribution < -0.4 is 11.1 Å². The summed E-state index contributed by atoms with van der Waals surface area (Å²) in [6, 6.07) is -0.0620. The van der Waals surface area contributed by atoms with Crippen molar-refractivity contribution in [1.29, 1.82) is 0 Å². The Bertz CT molecular complexity index is 436. The molecule has 1 aromatic rings. The monoisotopic (exact) mass is 311 g/mol. The standard InChI is InChI=1S/C9H9BrF3N3O/c1-4(7(14)17)16-8-6(9(11,12)13)2-5(10)3-15-8/h2-4H,1H3,(H2,14,17)(H,15,16)/t4-/m0/s1. The Morgan fingerprint density at radius 3 is 2.65 bits per heavy atom. The molecule has 1 atom stereocenters. The van der Waals surface area contributed by atoms with Crippen molar-refractivity contribution < 1.29 is 18.0 Å². The van der Waals surface area contributed by atoms with Crippen molar-refractivity contribution in [2.75, 3.05) is 5.32 Å². The van der Waals surface area contributed by atoms with E-state index < -0.39 is 29.5 Å². The Labute approximate surface area is 104 Å². The van der Waals surface area contributed by atoms with Crippen LogP contribution in [0.2, 0.25) is 0 Å². The number of alkyl halides is 3. The normalized spacial score (nSPS) is 13.2. The Hall–Kier alpha value is -1.31. The van der Waals surface area contributed by atoms with Gasteiger partial charge in [-0.3, -0.25) is 4.79 Å². The van der Waals surface area contributed by atoms with Crippen LogP contribution in [0.15, 0.2) is 16.7 Å². The summed E-state index contributed by atoms with van der Waals surface area (Å²) in [5.41, 5.74) is 3.99. The van der Waals surface area contributed by atoms with Crippen LogP contribution in [0.5, 0.6) is 0 Å². The van der Waals surface area contributed by atoms with E-state index >= 15 is 0 Å². The lowest BCUT2D eigenvalue weighted by Crippen LogP contribution is -2.33. The topological polar surface area (TPSA) is 68.0 Å². The van der Waals surface area contributed by atoms with Crippen molar-refractivity contribution in [2.45, 2.75) is 19.1 Å². The Morgan fingerprint density at radius 2 is 2.18 bits per heavy atom. The molecule has 0 fully saturated rings. The summed E-state index contributed by atoms with van der Waals surface area (Å²) in [4.78, 5) is 14.4. The van der Waals surface area contributed by atoms with Crippen LogP contribution >= 0.6 is 15.9 Å². The maximum absolute atomic E-state index is 12.7. The number of anilines is 1. The number of carbonyl (C=O) groups excluding carboxylic acids is 1. The van der Waals surface area contributed by atoms with Gasteiger partial charge in [0.2, 0.25) is 5.91 Å². The molecule has 1 amide bonds. The van der Waals surface area contributed by atoms with Gasteiger partial charge in [-0.1, -0.05) is 0 Å². The second-order valence-corrected chi connectivity index (χ2v) is 4.23. The summed E-state index contributed by atoms with van der Waals surface area (Å²) in [6.07, 6.45) is -3.36. The van der Waals surface area contributed by atoms with Crippen molar-refractivity contribution in [3.05, 3.63) is 22.3 Å². The molecule has 1 heterocycles. The molecular formula is C9H9BrF3N3O. The Balaban J connectivity index is 3.11. The molecule has 3 N–H and O–H groups in total. The van der Waals surface area contributed by atoms with E-state index in [-0.39, 0.29) is 4.47 Å². The zero-order chi connectivity index (χ0) is 13.2. The van der Waals surface area contributed by atoms with E-state index in [0.29, 0.717) is 0 Å². The first-order chi connectivity index (χ1) is 7.71. The second kappa shape index (κ2) is 4.91. The first-order valence-corrected chi connectivity index (χ1v) is 5.29. The number of rotatable bonds is 3. The molecule has 4 nitrogen and oxygen atoms in total. The number of primary amides is 1. The lowest BCUT2D eigenvalue weighted by molar-refractivity contribution is -0.137. The summed E-state index contributed by atoms with van der Waals surface area (Å²) in [7, 11) is 0. The number of amides is 1. The molecule has 94 valence electrons. The molecule has 0 spiro atoms. The third-order valence-electron chi connectivity index (χ3n) is 1.94. The molecule has 0 aromatic carbocycles. The van der Waals surface area contributed by atoms with Crippen molar-refractivity contribution in [3.8, 4) is 0 Å². The van der Waals surface area contributed by atoms with Gasteiger partial charge < -0.3 is 11.1 Å². The van der Waals surface area contributed by atoms with E-state index in [1.807, 2.05) is 0 Å². The smallest absolute Gasteiger partial charge is 0.368 e. The molecule has 0 saturated heterocycles. The van der Waals surface area contributed by atoms with Gasteiger partial charge in [0.25, 0.3) is 0 Å². The predicted octanol–water partition coefficient (Wildman–Crippen LogP) is 2.15. The quantitative estimate of drug-likeness (QED) is 0.898. The number of aromatic nitrogens is 1. The van der Waals surface area contributed by atoms with Crippen LogP contribution in [-0.2, 0) is 11.0 Å². The Morgan fingerprint density at radius 1 is 1.59 bits per heavy atom. The number of carbonyl (C=O) groups is 1. The fraction of sp³-hybridized carbons (Fsp3) is 0.333. The summed E-state index contributed by atoms with van der Waals surface area (Å²) in [5.74, 6) is -1.19. The zero-order valence-electron chi connectivity index (χ0n) is 8.68. The highest BCUT2D eigenvalue weighted by atomic mass is 79.9. The van der Waals surface area contributed by atoms with Gasteiger partial charge in [0, 0.05) is 10.7 Å². The molecule has 0 aliphatic rings. The average Bonchev–Trinajstić information content (AvgIpc) is 2.18. The largest absolute Gasteiger partial charge is 0.419 e. The third-order valence-corrected chi connectivity index (χ3v) is 2.37. The van der Waals surface area contributed by atoms with Crippen LogP contribution in [0.4, 0.5) is 19.0 Å². The van der Waals surface area contributed by atoms with E-state index in [1.165, 1.54) is 13.1 Å². The summed E-state index contributed by atoms with van der Waals surface area (Å²) >= 11 is 2.90. The number of hydrogen-bond donors (Lipinski definition) is 2. The fourth-order valence-corrected chi connectivity index (χ4v) is 1.38. The Kier molecular flexibility index (Phi) is 3.97. The molecule has 0 saturated carbocycles. The number of nitrogens with two attached hydrogens (primary N) is 1. The fourth-order valence-electron chi connectivity index (χ4n) is 1.05. The number of nitrogens with one attached hydrogen (secondary N) is 1. The van der Waals surface area contributed by atoms with Crippen LogP contribution in [0.3, 0.4) is 0 Å². The van der Waals surface area contributed by atoms with Crippen LogP contribution in [0, 0.1) is 0 Å². The molecule has 0 aliphatic heterocycles. The van der Waals surface area contributed by atoms with Crippen LogP contribution in [-0.4, -0.2) is 16.9 Å². The number of nitrogens with zero attached hydrogens (tertiary/aromatic N) is 1. The van der Waals surface area contributed by atoms with E-state index in [1.54, 1.807) is 0 Å². The highest BCUT2D eigenvalue weighted by Gasteiger charge is 2.35. The molecule has 0 aliphatic carbocycles. The molecule has 0 bridgehead atoms. The van der Waals surface area contributed by atoms with Gasteiger partial charge in [0.1, 0.15) is 11.9 Å². The average molecular weight is 312 g/mol. The van der Waals surface area contributed by atoms with Gasteiger partial charge in [0.05, 0.1) is 5.56 Å². The molecule has 0 unspecified atom stereocenters. The van der Waals surface area contributed by atoms with Crippen molar-refractivity contribution in [1.82, 2.24) is 4.98 Å². The lowest BCUT2D eigenvalue weighted by Gasteiger charge is -2.16. The van der Waals surface area contributed by atoms with Gasteiger partial charge >= 0.3 is 6.18 Å². The minimum atomic E-state index is -4.56. The molecular weight excluding hydrogens is 303 g/mol. The van der Waals surface area contributed by atoms with E-state index in [9.17, 15) is 18.0 Å². The zero-order valence-corrected chi connectivity index (χ0v) is 10.3. The lowest BCUT2D eigenvalue weighted by atomic mass is 10.2. The molecule has 8 heteroatoms. The minimum absolute atomic E-state index is 0.196. The SMILES string of the molecule is C[C@H](Nc1ncc(Br)cc1C(F)(F)F)C(N)=O. The first-order valence-electron chi connectivity index (χ1n) is 4.50. The molecule has 17 heavy (non-hydrogen) atoms. The van der Waals surface area contributed by atoms with Crippen LogP contribution in [0.25, 0.3) is 0 Å². The van der Waals surface area contributed by atoms with Crippen molar-refractivity contribution >= 4 is 27.7 Å². The van der Waals surface area contributed by atoms with E-state index in [2.05, 4.69) is 26.2 Å². The van der Waals surface area contributed by atoms with Crippen molar-refractivity contribution in [2.24, 2.45) is 5.73 Å². The van der Waals surface area contributed by atoms with Gasteiger partial charge in [-0.15, -0.1) is 0 Å². The number of halogens is 4. The first kappa shape index (κ1) is 13.8. The molecule has 1 aromatic heterocycles. The van der Waals surface area contributed by atoms with Gasteiger partial charge in [-0.25, -0.2) is 4.98 Å². The maximum atomic E-state index is 12.7.